The third-order valence-corrected chi connectivity index (χ3v) is 1.40. The summed E-state index contributed by atoms with van der Waals surface area (Å²) in [6.07, 6.45) is -3.39. The third-order valence-electron chi connectivity index (χ3n) is 1.40. The Balaban J connectivity index is 3.05. The van der Waals surface area contributed by atoms with Crippen LogP contribution < -0.4 is 5.90 Å². The van der Waals surface area contributed by atoms with E-state index in [4.69, 9.17) is 0 Å². The monoisotopic (exact) mass is 192 g/mol. The van der Waals surface area contributed by atoms with Gasteiger partial charge in [-0.25, -0.2) is 5.90 Å². The zero-order valence-corrected chi connectivity index (χ0v) is 6.51. The van der Waals surface area contributed by atoms with Gasteiger partial charge >= 0.3 is 6.18 Å². The quantitative estimate of drug-likeness (QED) is 0.722. The topological polar surface area (TPSA) is 48.1 Å². The van der Waals surface area contributed by atoms with Crippen LogP contribution in [0.3, 0.4) is 0 Å². The van der Waals surface area contributed by atoms with E-state index in [0.29, 0.717) is 0 Å². The number of rotatable bonds is 2. The second-order valence-electron chi connectivity index (χ2n) is 2.32. The van der Waals surface area contributed by atoms with Gasteiger partial charge in [-0.15, -0.1) is 0 Å². The number of nitrogens with two attached hydrogens (primary N) is 1. The molecule has 13 heavy (non-hydrogen) atoms. The first kappa shape index (κ1) is 9.94. The molecule has 0 aliphatic heterocycles. The maximum atomic E-state index is 12.2. The zero-order valence-electron chi connectivity index (χ0n) is 6.51. The minimum absolute atomic E-state index is 0.0718. The Morgan fingerprint density at radius 2 is 2.15 bits per heavy atom. The summed E-state index contributed by atoms with van der Waals surface area (Å²) in [5, 5.41) is 0. The van der Waals surface area contributed by atoms with Crippen LogP contribution in [0.25, 0.3) is 0 Å². The Labute approximate surface area is 72.3 Å². The molecule has 0 aliphatic carbocycles. The molecule has 0 saturated carbocycles. The highest BCUT2D eigenvalue weighted by Crippen LogP contribution is 2.29. The van der Waals surface area contributed by atoms with Gasteiger partial charge in [-0.05, 0) is 6.07 Å². The van der Waals surface area contributed by atoms with E-state index in [9.17, 15) is 13.2 Å². The molecule has 0 aliphatic rings. The highest BCUT2D eigenvalue weighted by atomic mass is 19.4. The van der Waals surface area contributed by atoms with Gasteiger partial charge in [0.15, 0.2) is 0 Å². The molecule has 0 spiro atoms. The molecular formula is C7H7F3N2O. The molecule has 1 rings (SSSR count). The van der Waals surface area contributed by atoms with Crippen molar-refractivity contribution in [1.29, 1.82) is 0 Å². The molecule has 0 saturated heterocycles. The van der Waals surface area contributed by atoms with E-state index in [2.05, 4.69) is 15.7 Å². The van der Waals surface area contributed by atoms with E-state index >= 15 is 0 Å². The molecule has 0 fully saturated rings. The number of aromatic nitrogens is 1. The summed E-state index contributed by atoms with van der Waals surface area (Å²) in [7, 11) is 0. The molecule has 0 amide bonds. The molecule has 0 unspecified atom stereocenters. The molecule has 3 nitrogen and oxygen atoms in total. The lowest BCUT2D eigenvalue weighted by molar-refractivity contribution is -0.142. The summed E-state index contributed by atoms with van der Waals surface area (Å²) >= 11 is 0. The third kappa shape index (κ3) is 2.40. The van der Waals surface area contributed by atoms with Crippen molar-refractivity contribution < 1.29 is 18.0 Å². The zero-order chi connectivity index (χ0) is 9.90. The van der Waals surface area contributed by atoms with Crippen LogP contribution in [0, 0.1) is 0 Å². The van der Waals surface area contributed by atoms with E-state index < -0.39 is 11.9 Å². The van der Waals surface area contributed by atoms with E-state index in [1.165, 1.54) is 12.1 Å². The van der Waals surface area contributed by atoms with Gasteiger partial charge in [-0.1, -0.05) is 6.07 Å². The van der Waals surface area contributed by atoms with Gasteiger partial charge in [-0.3, -0.25) is 9.82 Å². The number of alkyl halides is 3. The SMILES string of the molecule is NOCc1cccnc1C(F)(F)F. The lowest BCUT2D eigenvalue weighted by Gasteiger charge is -2.09. The van der Waals surface area contributed by atoms with Gasteiger partial charge in [0.2, 0.25) is 0 Å². The van der Waals surface area contributed by atoms with Crippen molar-refractivity contribution >= 4 is 0 Å². The highest BCUT2D eigenvalue weighted by Gasteiger charge is 2.34. The summed E-state index contributed by atoms with van der Waals surface area (Å²) < 4.78 is 36.6. The van der Waals surface area contributed by atoms with Crippen LogP contribution in [0.1, 0.15) is 11.3 Å². The Morgan fingerprint density at radius 1 is 1.46 bits per heavy atom. The molecule has 72 valence electrons. The van der Waals surface area contributed by atoms with Crippen LogP contribution in [0.2, 0.25) is 0 Å². The van der Waals surface area contributed by atoms with Crippen LogP contribution in [0.4, 0.5) is 13.2 Å². The fourth-order valence-electron chi connectivity index (χ4n) is 0.900. The fourth-order valence-corrected chi connectivity index (χ4v) is 0.900. The number of hydrogen-bond donors (Lipinski definition) is 1. The molecule has 1 aromatic heterocycles. The summed E-state index contributed by atoms with van der Waals surface area (Å²) in [5.41, 5.74) is -1.03. The van der Waals surface area contributed by atoms with Gasteiger partial charge in [0.25, 0.3) is 0 Å². The number of nitrogens with zero attached hydrogens (tertiary/aromatic N) is 1. The summed E-state index contributed by atoms with van der Waals surface area (Å²) in [4.78, 5) is 7.33. The lowest BCUT2D eigenvalue weighted by Crippen LogP contribution is -2.13. The van der Waals surface area contributed by atoms with Gasteiger partial charge in [0, 0.05) is 11.8 Å². The average molecular weight is 192 g/mol. The number of halogens is 3. The second kappa shape index (κ2) is 3.71. The normalized spacial score (nSPS) is 11.7. The van der Waals surface area contributed by atoms with Crippen molar-refractivity contribution in [3.63, 3.8) is 0 Å². The molecule has 0 atom stereocenters. The van der Waals surface area contributed by atoms with Gasteiger partial charge in [0.05, 0.1) is 6.61 Å². The van der Waals surface area contributed by atoms with Crippen molar-refractivity contribution in [2.75, 3.05) is 0 Å². The Morgan fingerprint density at radius 3 is 2.69 bits per heavy atom. The van der Waals surface area contributed by atoms with Crippen molar-refractivity contribution in [2.24, 2.45) is 5.90 Å². The predicted molar refractivity (Wildman–Crippen MR) is 38.2 cm³/mol. The fraction of sp³-hybridized carbons (Fsp3) is 0.286. The molecule has 2 N–H and O–H groups in total. The van der Waals surface area contributed by atoms with E-state index in [1.54, 1.807) is 0 Å². The molecule has 1 aromatic rings. The maximum absolute atomic E-state index is 12.2. The summed E-state index contributed by atoms with van der Waals surface area (Å²) in [6, 6.07) is 2.66. The molecule has 6 heteroatoms. The van der Waals surface area contributed by atoms with E-state index in [0.717, 1.165) is 6.20 Å². The summed E-state index contributed by atoms with van der Waals surface area (Å²) in [5.74, 6) is 4.68. The number of pyridine rings is 1. The average Bonchev–Trinajstić information content (AvgIpc) is 2.04. The van der Waals surface area contributed by atoms with Crippen LogP contribution >= 0.6 is 0 Å². The Kier molecular flexibility index (Phi) is 2.84. The van der Waals surface area contributed by atoms with Crippen LogP contribution in [0.5, 0.6) is 0 Å². The molecule has 0 radical (unpaired) electrons. The van der Waals surface area contributed by atoms with Crippen LogP contribution in [0.15, 0.2) is 18.3 Å². The Hall–Kier alpha value is -1.14. The lowest BCUT2D eigenvalue weighted by atomic mass is 10.2. The standard InChI is InChI=1S/C7H7F3N2O/c8-7(9,10)6-5(4-13-11)2-1-3-12-6/h1-3H,4,11H2. The minimum Gasteiger partial charge on any atom is -0.300 e. The van der Waals surface area contributed by atoms with Crippen molar-refractivity contribution in [1.82, 2.24) is 4.98 Å². The maximum Gasteiger partial charge on any atom is 0.433 e. The molecule has 1 heterocycles. The summed E-state index contributed by atoms with van der Waals surface area (Å²) in [6.45, 7) is -0.303. The predicted octanol–water partition coefficient (Wildman–Crippen LogP) is 1.49. The van der Waals surface area contributed by atoms with Gasteiger partial charge in [0.1, 0.15) is 5.69 Å². The van der Waals surface area contributed by atoms with Gasteiger partial charge in [-0.2, -0.15) is 13.2 Å². The first-order chi connectivity index (χ1) is 6.05. The van der Waals surface area contributed by atoms with Gasteiger partial charge < -0.3 is 0 Å². The minimum atomic E-state index is -4.46. The molecule has 0 aromatic carbocycles. The number of hydrogen-bond acceptors (Lipinski definition) is 3. The van der Waals surface area contributed by atoms with Crippen molar-refractivity contribution in [3.05, 3.63) is 29.6 Å². The smallest absolute Gasteiger partial charge is 0.300 e. The first-order valence-electron chi connectivity index (χ1n) is 3.38. The largest absolute Gasteiger partial charge is 0.433 e. The van der Waals surface area contributed by atoms with E-state index in [1.807, 2.05) is 0 Å². The first-order valence-corrected chi connectivity index (χ1v) is 3.38. The highest BCUT2D eigenvalue weighted by molar-refractivity contribution is 5.21. The molecule has 0 bridgehead atoms. The second-order valence-corrected chi connectivity index (χ2v) is 2.32. The van der Waals surface area contributed by atoms with E-state index in [-0.39, 0.29) is 12.2 Å². The van der Waals surface area contributed by atoms with Crippen molar-refractivity contribution in [2.45, 2.75) is 12.8 Å². The molecular weight excluding hydrogens is 185 g/mol. The Bertz CT molecular complexity index is 287. The van der Waals surface area contributed by atoms with Crippen molar-refractivity contribution in [3.8, 4) is 0 Å². The van der Waals surface area contributed by atoms with Crippen LogP contribution in [-0.4, -0.2) is 4.98 Å². The van der Waals surface area contributed by atoms with Crippen LogP contribution in [-0.2, 0) is 17.6 Å².